The zero-order valence-corrected chi connectivity index (χ0v) is 18.0. The van der Waals surface area contributed by atoms with Crippen LogP contribution in [0.1, 0.15) is 11.3 Å². The van der Waals surface area contributed by atoms with Crippen LogP contribution in [0.2, 0.25) is 0 Å². The van der Waals surface area contributed by atoms with E-state index >= 15 is 0 Å². The van der Waals surface area contributed by atoms with E-state index in [0.717, 1.165) is 23.2 Å². The Hall–Kier alpha value is -3.04. The molecule has 0 saturated heterocycles. The molecule has 4 aromatic rings. The highest BCUT2D eigenvalue weighted by molar-refractivity contribution is 8.00. The standard InChI is InChI=1S/C22H17F3N4S2/c1-13-7-14(5-6-26-13)16-3-2-4-18(23)17(16)10-27-15-8-19(24)22(20(25)9-15)31-29-21-11-30-12-28-21/h2-9,11-12,27,29H,10H2,1H3. The molecule has 0 spiro atoms. The van der Waals surface area contributed by atoms with Gasteiger partial charge < -0.3 is 10.0 Å². The summed E-state index contributed by atoms with van der Waals surface area (Å²) in [4.78, 5) is 8.01. The Balaban J connectivity index is 1.53. The Morgan fingerprint density at radius 3 is 2.52 bits per heavy atom. The molecule has 2 N–H and O–H groups in total. The highest BCUT2D eigenvalue weighted by atomic mass is 32.2. The fraction of sp³-hybridized carbons (Fsp3) is 0.0909. The summed E-state index contributed by atoms with van der Waals surface area (Å²) in [6.07, 6.45) is 1.66. The molecule has 2 aromatic heterocycles. The van der Waals surface area contributed by atoms with Crippen LogP contribution in [0.25, 0.3) is 11.1 Å². The van der Waals surface area contributed by atoms with Crippen molar-refractivity contribution in [3.8, 4) is 11.1 Å². The van der Waals surface area contributed by atoms with Crippen LogP contribution in [0.5, 0.6) is 0 Å². The molecule has 2 heterocycles. The number of benzene rings is 2. The first-order valence-electron chi connectivity index (χ1n) is 9.25. The smallest absolute Gasteiger partial charge is 0.147 e. The van der Waals surface area contributed by atoms with E-state index in [2.05, 4.69) is 20.0 Å². The van der Waals surface area contributed by atoms with E-state index in [-0.39, 0.29) is 17.1 Å². The molecular weight excluding hydrogens is 441 g/mol. The lowest BCUT2D eigenvalue weighted by Crippen LogP contribution is -2.05. The van der Waals surface area contributed by atoms with E-state index in [1.165, 1.54) is 29.5 Å². The van der Waals surface area contributed by atoms with Gasteiger partial charge in [-0.15, -0.1) is 11.3 Å². The summed E-state index contributed by atoms with van der Waals surface area (Å²) < 4.78 is 46.4. The molecule has 4 nitrogen and oxygen atoms in total. The Kier molecular flexibility index (Phi) is 6.43. The van der Waals surface area contributed by atoms with Gasteiger partial charge in [0.2, 0.25) is 0 Å². The average molecular weight is 459 g/mol. The van der Waals surface area contributed by atoms with Gasteiger partial charge in [-0.25, -0.2) is 18.2 Å². The molecule has 0 fully saturated rings. The number of aryl methyl sites for hydroxylation is 1. The van der Waals surface area contributed by atoms with E-state index < -0.39 is 17.5 Å². The van der Waals surface area contributed by atoms with Crippen LogP contribution in [-0.2, 0) is 6.54 Å². The minimum absolute atomic E-state index is 0.0613. The van der Waals surface area contributed by atoms with Gasteiger partial charge in [0, 0.05) is 35.1 Å². The van der Waals surface area contributed by atoms with Crippen molar-refractivity contribution in [3.05, 3.63) is 88.3 Å². The van der Waals surface area contributed by atoms with Crippen molar-refractivity contribution < 1.29 is 13.2 Å². The first-order valence-corrected chi connectivity index (χ1v) is 11.0. The molecule has 0 radical (unpaired) electrons. The van der Waals surface area contributed by atoms with Gasteiger partial charge in [-0.3, -0.25) is 4.98 Å². The zero-order chi connectivity index (χ0) is 21.8. The molecule has 9 heteroatoms. The zero-order valence-electron chi connectivity index (χ0n) is 16.3. The molecule has 2 aromatic carbocycles. The summed E-state index contributed by atoms with van der Waals surface area (Å²) >= 11 is 2.18. The second-order valence-corrected chi connectivity index (χ2v) is 8.19. The van der Waals surface area contributed by atoms with Gasteiger partial charge in [-0.05, 0) is 60.3 Å². The van der Waals surface area contributed by atoms with Crippen molar-refractivity contribution in [2.45, 2.75) is 18.4 Å². The summed E-state index contributed by atoms with van der Waals surface area (Å²) in [6.45, 7) is 1.92. The number of anilines is 2. The van der Waals surface area contributed by atoms with Crippen molar-refractivity contribution in [2.24, 2.45) is 0 Å². The normalized spacial score (nSPS) is 10.8. The molecule has 0 bridgehead atoms. The maximum atomic E-state index is 14.6. The van der Waals surface area contributed by atoms with Crippen molar-refractivity contribution in [1.29, 1.82) is 0 Å². The molecule has 0 saturated carbocycles. The lowest BCUT2D eigenvalue weighted by atomic mass is 9.99. The van der Waals surface area contributed by atoms with Gasteiger partial charge >= 0.3 is 0 Å². The fourth-order valence-electron chi connectivity index (χ4n) is 3.04. The predicted octanol–water partition coefficient (Wildman–Crippen LogP) is 6.66. The van der Waals surface area contributed by atoms with Crippen LogP contribution in [0.3, 0.4) is 0 Å². The highest BCUT2D eigenvalue weighted by Crippen LogP contribution is 2.31. The molecule has 31 heavy (non-hydrogen) atoms. The number of aromatic nitrogens is 2. The van der Waals surface area contributed by atoms with E-state index in [1.54, 1.807) is 35.3 Å². The van der Waals surface area contributed by atoms with Crippen molar-refractivity contribution in [2.75, 3.05) is 10.0 Å². The van der Waals surface area contributed by atoms with Crippen LogP contribution in [0.15, 0.2) is 64.4 Å². The Morgan fingerprint density at radius 2 is 1.81 bits per heavy atom. The maximum absolute atomic E-state index is 14.6. The largest absolute Gasteiger partial charge is 0.381 e. The lowest BCUT2D eigenvalue weighted by molar-refractivity contribution is 0.541. The number of hydrogen-bond donors (Lipinski definition) is 2. The SMILES string of the molecule is Cc1cc(-c2cccc(F)c2CNc2cc(F)c(SNc3cscn3)c(F)c2)ccn1. The number of pyridine rings is 1. The summed E-state index contributed by atoms with van der Waals surface area (Å²) in [7, 11) is 0. The van der Waals surface area contributed by atoms with Crippen molar-refractivity contribution >= 4 is 34.8 Å². The second kappa shape index (κ2) is 9.40. The van der Waals surface area contributed by atoms with Crippen LogP contribution < -0.4 is 10.0 Å². The first-order chi connectivity index (χ1) is 15.0. The third-order valence-corrected chi connectivity index (χ3v) is 5.98. The summed E-state index contributed by atoms with van der Waals surface area (Å²) in [5.74, 6) is -1.34. The number of rotatable bonds is 7. The van der Waals surface area contributed by atoms with E-state index in [4.69, 9.17) is 0 Å². The molecule has 0 unspecified atom stereocenters. The predicted molar refractivity (Wildman–Crippen MR) is 120 cm³/mol. The number of nitrogens with one attached hydrogen (secondary N) is 2. The molecule has 158 valence electrons. The molecule has 0 amide bonds. The summed E-state index contributed by atoms with van der Waals surface area (Å²) in [6, 6.07) is 10.8. The van der Waals surface area contributed by atoms with Crippen LogP contribution >= 0.6 is 23.3 Å². The van der Waals surface area contributed by atoms with Gasteiger partial charge in [-0.2, -0.15) is 0 Å². The number of thiazole rings is 1. The summed E-state index contributed by atoms with van der Waals surface area (Å²) in [5, 5.41) is 4.66. The van der Waals surface area contributed by atoms with Gasteiger partial charge in [0.05, 0.1) is 5.51 Å². The van der Waals surface area contributed by atoms with E-state index in [9.17, 15) is 13.2 Å². The maximum Gasteiger partial charge on any atom is 0.147 e. The van der Waals surface area contributed by atoms with Crippen molar-refractivity contribution in [3.63, 3.8) is 0 Å². The third kappa shape index (κ3) is 5.00. The van der Waals surface area contributed by atoms with E-state index in [1.807, 2.05) is 13.0 Å². The monoisotopic (exact) mass is 458 g/mol. The van der Waals surface area contributed by atoms with Crippen LogP contribution in [0.4, 0.5) is 24.7 Å². The molecule has 0 atom stereocenters. The molecule has 4 rings (SSSR count). The van der Waals surface area contributed by atoms with Gasteiger partial charge in [0.1, 0.15) is 28.2 Å². The number of halogens is 3. The Morgan fingerprint density at radius 1 is 1.00 bits per heavy atom. The van der Waals surface area contributed by atoms with Crippen LogP contribution in [-0.4, -0.2) is 9.97 Å². The van der Waals surface area contributed by atoms with Gasteiger partial charge in [-0.1, -0.05) is 12.1 Å². The molecule has 0 aliphatic heterocycles. The quantitative estimate of drug-likeness (QED) is 0.303. The Labute approximate surface area is 185 Å². The molecule has 0 aliphatic carbocycles. The minimum atomic E-state index is -0.728. The van der Waals surface area contributed by atoms with Crippen LogP contribution in [0, 0.1) is 24.4 Å². The number of hydrogen-bond acceptors (Lipinski definition) is 6. The highest BCUT2D eigenvalue weighted by Gasteiger charge is 2.15. The number of nitrogens with zero attached hydrogens (tertiary/aromatic N) is 2. The first kappa shape index (κ1) is 21.2. The van der Waals surface area contributed by atoms with E-state index in [0.29, 0.717) is 16.9 Å². The fourth-order valence-corrected chi connectivity index (χ4v) is 4.23. The second-order valence-electron chi connectivity index (χ2n) is 6.65. The molecular formula is C22H17F3N4S2. The Bertz CT molecular complexity index is 1180. The lowest BCUT2D eigenvalue weighted by Gasteiger charge is -2.14. The molecule has 0 aliphatic rings. The van der Waals surface area contributed by atoms with Gasteiger partial charge in [0.15, 0.2) is 0 Å². The topological polar surface area (TPSA) is 49.8 Å². The van der Waals surface area contributed by atoms with Crippen molar-refractivity contribution in [1.82, 2.24) is 9.97 Å². The summed E-state index contributed by atoms with van der Waals surface area (Å²) in [5.41, 5.74) is 4.56. The minimum Gasteiger partial charge on any atom is -0.381 e. The van der Waals surface area contributed by atoms with Gasteiger partial charge in [0.25, 0.3) is 0 Å². The average Bonchev–Trinajstić information content (AvgIpc) is 3.26. The third-order valence-electron chi connectivity index (χ3n) is 4.48.